The van der Waals surface area contributed by atoms with Crippen LogP contribution >= 0.6 is 0 Å². The number of ether oxygens (including phenoxy) is 4. The number of carbonyl (C=O) groups excluding carboxylic acids is 7. The minimum absolute atomic E-state index is 0.00595. The van der Waals surface area contributed by atoms with Crippen LogP contribution in [0, 0.1) is 12.8 Å². The molecule has 9 N–H and O–H groups in total. The minimum atomic E-state index is -3.89. The molecule has 1 aromatic carbocycles. The molecule has 2 aromatic rings. The second-order valence-corrected chi connectivity index (χ2v) is 23.4. The number of nitrogens with one attached hydrogen (secondary N) is 6. The van der Waals surface area contributed by atoms with E-state index in [2.05, 4.69) is 46.6 Å². The van der Waals surface area contributed by atoms with Crippen LogP contribution in [0.25, 0.3) is 0 Å². The Kier molecular flexibility index (Phi) is 42.3. The Hall–Kier alpha value is -6.82. The quantitative estimate of drug-likeness (QED) is 0.0418. The van der Waals surface area contributed by atoms with Gasteiger partial charge in [-0.3, -0.25) is 43.1 Å². The van der Waals surface area contributed by atoms with Gasteiger partial charge in [0.2, 0.25) is 33.7 Å². The molecule has 3 atom stereocenters. The molecule has 29 heteroatoms. The van der Waals surface area contributed by atoms with Crippen LogP contribution in [0.15, 0.2) is 24.3 Å². The molecule has 0 aliphatic heterocycles. The number of ketones is 2. The Morgan fingerprint density at radius 1 is 0.511 bits per heavy atom. The largest absolute Gasteiger partial charge is 0.481 e. The SMILES string of the molecule is Cc1ccc(C(=O)NCCCCC(NC(=O)COCCOCCCC(=O)CCC(NC(=O)CCC(CC(=O)COCCOCCNC(=O)CCCS(=O)(=O)NC(=O)CCCCCCCCCCCCCCCc2nn[nH]n2)C(=O)O)C(=O)O)C(=O)O)cc1. The number of amides is 5. The smallest absolute Gasteiger partial charge is 0.326 e. The number of aliphatic carboxylic acids is 3. The van der Waals surface area contributed by atoms with Crippen molar-refractivity contribution in [1.29, 1.82) is 0 Å². The van der Waals surface area contributed by atoms with E-state index < -0.39 is 101 Å². The lowest BCUT2D eigenvalue weighted by atomic mass is 9.97. The van der Waals surface area contributed by atoms with Crippen LogP contribution in [-0.2, 0) is 78.5 Å². The average molecular weight is 1270 g/mol. The van der Waals surface area contributed by atoms with Crippen molar-refractivity contribution in [3.8, 4) is 0 Å². The first-order valence-corrected chi connectivity index (χ1v) is 32.4. The number of nitrogens with zero attached hydrogens (tertiary/aromatic N) is 3. The number of hydrogen-bond donors (Lipinski definition) is 9. The molecule has 1 heterocycles. The van der Waals surface area contributed by atoms with Gasteiger partial charge < -0.3 is 55.5 Å². The highest BCUT2D eigenvalue weighted by Gasteiger charge is 2.26. The number of H-pyrrole nitrogens is 1. The summed E-state index contributed by atoms with van der Waals surface area (Å²) in [5.74, 6) is -8.29. The molecular weight excluding hydrogens is 1170 g/mol. The normalized spacial score (nSPS) is 12.3. The van der Waals surface area contributed by atoms with Crippen LogP contribution in [0.2, 0.25) is 0 Å². The molecule has 0 spiro atoms. The molecule has 496 valence electrons. The molecule has 2 rings (SSSR count). The Balaban J connectivity index is 1.44. The van der Waals surface area contributed by atoms with E-state index in [9.17, 15) is 71.7 Å². The molecule has 3 unspecified atom stereocenters. The number of aromatic amines is 1. The number of aromatic nitrogens is 4. The molecule has 0 aliphatic carbocycles. The molecule has 0 aliphatic rings. The third kappa shape index (κ3) is 41.4. The van der Waals surface area contributed by atoms with Crippen LogP contribution in [0.4, 0.5) is 0 Å². The van der Waals surface area contributed by atoms with Gasteiger partial charge >= 0.3 is 17.9 Å². The number of hydrogen-bond acceptors (Lipinski definition) is 19. The van der Waals surface area contributed by atoms with E-state index in [4.69, 9.17) is 18.9 Å². The lowest BCUT2D eigenvalue weighted by Gasteiger charge is -2.16. The highest BCUT2D eigenvalue weighted by molar-refractivity contribution is 7.90. The predicted molar refractivity (Wildman–Crippen MR) is 320 cm³/mol. The van der Waals surface area contributed by atoms with Crippen molar-refractivity contribution in [2.45, 2.75) is 192 Å². The van der Waals surface area contributed by atoms with Crippen molar-refractivity contribution in [3.63, 3.8) is 0 Å². The van der Waals surface area contributed by atoms with Crippen molar-refractivity contribution in [3.05, 3.63) is 41.2 Å². The number of Topliss-reactive ketones (excluding diaryl/α,β-unsaturated/α-hetero) is 2. The molecule has 1 aromatic heterocycles. The minimum Gasteiger partial charge on any atom is -0.481 e. The number of tetrazole rings is 1. The van der Waals surface area contributed by atoms with Gasteiger partial charge in [-0.25, -0.2) is 18.0 Å². The molecular formula is C59H95N9O19S. The van der Waals surface area contributed by atoms with Gasteiger partial charge in [0.05, 0.1) is 44.7 Å². The van der Waals surface area contributed by atoms with Gasteiger partial charge in [-0.15, -0.1) is 10.2 Å². The number of benzene rings is 1. The summed E-state index contributed by atoms with van der Waals surface area (Å²) in [6.45, 7) is 1.82. The third-order valence-electron chi connectivity index (χ3n) is 13.9. The highest BCUT2D eigenvalue weighted by atomic mass is 32.2. The van der Waals surface area contributed by atoms with Crippen LogP contribution in [-0.4, -0.2) is 187 Å². The Bertz CT molecular complexity index is 2490. The molecule has 88 heavy (non-hydrogen) atoms. The lowest BCUT2D eigenvalue weighted by Crippen LogP contribution is -2.42. The second kappa shape index (κ2) is 48.1. The van der Waals surface area contributed by atoms with E-state index in [-0.39, 0.29) is 121 Å². The van der Waals surface area contributed by atoms with E-state index in [1.165, 1.54) is 44.9 Å². The van der Waals surface area contributed by atoms with Crippen molar-refractivity contribution in [1.82, 2.24) is 46.6 Å². The molecule has 28 nitrogen and oxygen atoms in total. The van der Waals surface area contributed by atoms with Crippen molar-refractivity contribution >= 4 is 69.0 Å². The fraction of sp³-hybridized carbons (Fsp3) is 0.712. The Labute approximate surface area is 515 Å². The maximum absolute atomic E-state index is 12.6. The molecule has 0 saturated carbocycles. The summed E-state index contributed by atoms with van der Waals surface area (Å²) in [5, 5.41) is 52.9. The monoisotopic (exact) mass is 1270 g/mol. The molecule has 5 amide bonds. The number of carboxylic acid groups (broad SMARTS) is 3. The average Bonchev–Trinajstić information content (AvgIpc) is 4.02. The zero-order valence-corrected chi connectivity index (χ0v) is 51.9. The first kappa shape index (κ1) is 77.3. The second-order valence-electron chi connectivity index (χ2n) is 21.6. The standard InChI is InChI=1S/C59H95N9O19S/c1-44-24-26-45(27-25-44)56(75)61-32-16-15-20-49(58(78)79)63-55(74)43-87-39-36-84-34-17-19-47(69)29-30-50(59(80)81)62-53(72)31-28-46(57(76)77)41-48(70)42-86-38-37-85-35-33-60-52(71)23-18-40-88(82,83)66-54(73)22-14-12-10-8-6-4-2-3-5-7-9-11-13-21-51-64-67-68-65-51/h24-27,46,49-50H,2-23,28-43H2,1H3,(H,60,71)(H,61,75)(H,62,72)(H,63,74)(H,66,73)(H,76,77)(H,78,79)(H,80,81)(H,64,65,67,68). The van der Waals surface area contributed by atoms with Gasteiger partial charge in [-0.2, -0.15) is 5.21 Å². The van der Waals surface area contributed by atoms with E-state index in [0.717, 1.165) is 49.9 Å². The maximum atomic E-state index is 12.6. The van der Waals surface area contributed by atoms with Gasteiger partial charge in [0.25, 0.3) is 5.91 Å². The van der Waals surface area contributed by atoms with Crippen molar-refractivity contribution in [2.75, 3.05) is 71.7 Å². The van der Waals surface area contributed by atoms with Gasteiger partial charge in [0.15, 0.2) is 11.6 Å². The van der Waals surface area contributed by atoms with E-state index in [0.29, 0.717) is 31.4 Å². The van der Waals surface area contributed by atoms with Gasteiger partial charge in [0.1, 0.15) is 31.1 Å². The number of rotatable bonds is 57. The van der Waals surface area contributed by atoms with Crippen LogP contribution in [0.3, 0.4) is 0 Å². The maximum Gasteiger partial charge on any atom is 0.326 e. The van der Waals surface area contributed by atoms with E-state index in [1.54, 1.807) is 12.1 Å². The van der Waals surface area contributed by atoms with Crippen molar-refractivity contribution in [2.24, 2.45) is 5.92 Å². The van der Waals surface area contributed by atoms with Gasteiger partial charge in [-0.05, 0) is 76.8 Å². The first-order valence-electron chi connectivity index (χ1n) is 30.7. The molecule has 0 fully saturated rings. The van der Waals surface area contributed by atoms with E-state index in [1.807, 2.05) is 19.1 Å². The van der Waals surface area contributed by atoms with Gasteiger partial charge in [0, 0.05) is 70.2 Å². The lowest BCUT2D eigenvalue weighted by molar-refractivity contribution is -0.145. The van der Waals surface area contributed by atoms with Crippen molar-refractivity contribution < 1.29 is 90.6 Å². The summed E-state index contributed by atoms with van der Waals surface area (Å²) in [5.41, 5.74) is 1.55. The number of unbranched alkanes of at least 4 members (excludes halogenated alkanes) is 13. The van der Waals surface area contributed by atoms with Gasteiger partial charge in [-0.1, -0.05) is 93.5 Å². The highest BCUT2D eigenvalue weighted by Crippen LogP contribution is 2.16. The Morgan fingerprint density at radius 3 is 1.72 bits per heavy atom. The zero-order valence-electron chi connectivity index (χ0n) is 51.0. The van der Waals surface area contributed by atoms with E-state index >= 15 is 0 Å². The fourth-order valence-corrected chi connectivity index (χ4v) is 9.97. The topological polar surface area (TPSA) is 417 Å². The molecule has 0 radical (unpaired) electrons. The molecule has 0 bridgehead atoms. The zero-order chi connectivity index (χ0) is 64.6. The predicted octanol–water partition coefficient (Wildman–Crippen LogP) is 4.23. The summed E-state index contributed by atoms with van der Waals surface area (Å²) < 4.78 is 48.1. The summed E-state index contributed by atoms with van der Waals surface area (Å²) in [4.78, 5) is 122. The third-order valence-corrected chi connectivity index (χ3v) is 15.2. The van der Waals surface area contributed by atoms with Crippen LogP contribution in [0.1, 0.15) is 189 Å². The summed E-state index contributed by atoms with van der Waals surface area (Å²) in [7, 11) is -3.89. The Morgan fingerprint density at radius 2 is 1.09 bits per heavy atom. The first-order chi connectivity index (χ1) is 42.2. The summed E-state index contributed by atoms with van der Waals surface area (Å²) >= 11 is 0. The number of carbonyl (C=O) groups is 10. The molecule has 0 saturated heterocycles. The number of aryl methyl sites for hydroxylation is 2. The number of sulfonamides is 1. The number of carboxylic acids is 3. The van der Waals surface area contributed by atoms with Crippen LogP contribution < -0.4 is 26.0 Å². The van der Waals surface area contributed by atoms with Crippen LogP contribution in [0.5, 0.6) is 0 Å². The summed E-state index contributed by atoms with van der Waals surface area (Å²) in [6.07, 6.45) is 15.0. The fourth-order valence-electron chi connectivity index (χ4n) is 8.89. The summed E-state index contributed by atoms with van der Waals surface area (Å²) in [6, 6.07) is 4.52.